The van der Waals surface area contributed by atoms with Crippen LogP contribution in [0.5, 0.6) is 5.75 Å². The molecule has 0 saturated carbocycles. The second-order valence-corrected chi connectivity index (χ2v) is 13.3. The molecule has 0 spiro atoms. The lowest BCUT2D eigenvalue weighted by Crippen LogP contribution is -2.20. The van der Waals surface area contributed by atoms with E-state index in [-0.39, 0.29) is 23.4 Å². The van der Waals surface area contributed by atoms with Crippen molar-refractivity contribution in [2.24, 2.45) is 0 Å². The zero-order valence-electron chi connectivity index (χ0n) is 24.6. The second-order valence-electron chi connectivity index (χ2n) is 10.9. The van der Waals surface area contributed by atoms with Gasteiger partial charge in [-0.1, -0.05) is 59.7 Å². The standard InChI is InChI=1S/C34H27I2N5O5/c1-18-3-9-21(10-4-18)30-28(33(42)39-37-30)27(29-31(38-40-34(29)43)22-11-5-19(2)6-12-22)23-15-25(35)32(26(36)16-23)46-17-20-7-13-24(14-8-20)41(44)45/h3-16,27H,17H2,1-2H3,(H2,37,39,42)(H2,38,40,43). The van der Waals surface area contributed by atoms with Crippen LogP contribution in [0.25, 0.3) is 22.5 Å². The molecule has 2 heterocycles. The number of nitrogens with one attached hydrogen (secondary N) is 4. The average molecular weight is 839 g/mol. The molecule has 0 unspecified atom stereocenters. The molecule has 0 aliphatic heterocycles. The molecule has 2 aromatic heterocycles. The maximum absolute atomic E-state index is 13.7. The Morgan fingerprint density at radius 1 is 0.717 bits per heavy atom. The summed E-state index contributed by atoms with van der Waals surface area (Å²) in [7, 11) is 0. The molecular weight excluding hydrogens is 812 g/mol. The van der Waals surface area contributed by atoms with Gasteiger partial charge >= 0.3 is 0 Å². The van der Waals surface area contributed by atoms with Gasteiger partial charge in [-0.25, -0.2) is 0 Å². The van der Waals surface area contributed by atoms with Crippen molar-refractivity contribution in [2.75, 3.05) is 0 Å². The maximum Gasteiger partial charge on any atom is 0.269 e. The number of hydrogen-bond acceptors (Lipinski definition) is 5. The highest BCUT2D eigenvalue weighted by Crippen LogP contribution is 2.41. The van der Waals surface area contributed by atoms with Crippen molar-refractivity contribution in [3.05, 3.63) is 156 Å². The van der Waals surface area contributed by atoms with Crippen LogP contribution in [0.3, 0.4) is 0 Å². The van der Waals surface area contributed by atoms with Gasteiger partial charge < -0.3 is 4.74 Å². The van der Waals surface area contributed by atoms with E-state index in [1.165, 1.54) is 12.1 Å². The topological polar surface area (TPSA) is 150 Å². The third-order valence-electron chi connectivity index (χ3n) is 7.77. The highest BCUT2D eigenvalue weighted by atomic mass is 127. The number of ether oxygens (including phenoxy) is 1. The van der Waals surface area contributed by atoms with Gasteiger partial charge in [0.25, 0.3) is 16.8 Å². The van der Waals surface area contributed by atoms with Crippen molar-refractivity contribution in [3.63, 3.8) is 0 Å². The first-order valence-electron chi connectivity index (χ1n) is 14.2. The SMILES string of the molecule is Cc1ccc(-c2[nH][nH]c(=O)c2C(c2cc(I)c(OCc3ccc([N+](=O)[O-])cc3)c(I)c2)c2c(-c3ccc(C)cc3)[nH][nH]c2=O)cc1. The molecule has 10 nitrogen and oxygen atoms in total. The Labute approximate surface area is 290 Å². The summed E-state index contributed by atoms with van der Waals surface area (Å²) in [5.41, 5.74) is 6.63. The summed E-state index contributed by atoms with van der Waals surface area (Å²) >= 11 is 4.39. The monoisotopic (exact) mass is 839 g/mol. The van der Waals surface area contributed by atoms with E-state index in [0.717, 1.165) is 40.5 Å². The minimum absolute atomic E-state index is 0.0119. The van der Waals surface area contributed by atoms with Crippen LogP contribution in [-0.2, 0) is 6.61 Å². The summed E-state index contributed by atoms with van der Waals surface area (Å²) in [6.45, 7) is 4.20. The normalized spacial score (nSPS) is 11.2. The Hall–Kier alpha value is -4.44. The predicted molar refractivity (Wildman–Crippen MR) is 193 cm³/mol. The fraction of sp³-hybridized carbons (Fsp3) is 0.118. The van der Waals surface area contributed by atoms with E-state index in [2.05, 4.69) is 65.6 Å². The van der Waals surface area contributed by atoms with Gasteiger partial charge in [-0.3, -0.25) is 40.1 Å². The van der Waals surface area contributed by atoms with Crippen molar-refractivity contribution >= 4 is 50.9 Å². The minimum Gasteiger partial charge on any atom is -0.487 e. The number of aromatic nitrogens is 4. The molecule has 6 rings (SSSR count). The highest BCUT2D eigenvalue weighted by Gasteiger charge is 2.32. The van der Waals surface area contributed by atoms with Crippen molar-refractivity contribution in [2.45, 2.75) is 26.4 Å². The molecule has 0 radical (unpaired) electrons. The van der Waals surface area contributed by atoms with E-state index in [9.17, 15) is 19.7 Å². The Balaban J connectivity index is 1.49. The van der Waals surface area contributed by atoms with Crippen LogP contribution < -0.4 is 15.9 Å². The first kappa shape index (κ1) is 31.5. The van der Waals surface area contributed by atoms with Gasteiger partial charge in [0, 0.05) is 18.1 Å². The van der Waals surface area contributed by atoms with E-state index >= 15 is 0 Å². The number of hydrogen-bond donors (Lipinski definition) is 4. The van der Waals surface area contributed by atoms with Crippen LogP contribution in [0.15, 0.2) is 94.5 Å². The number of nitro groups is 1. The molecule has 0 saturated heterocycles. The number of non-ortho nitro benzene ring substituents is 1. The summed E-state index contributed by atoms with van der Waals surface area (Å²) in [5.74, 6) is -0.131. The van der Waals surface area contributed by atoms with Crippen LogP contribution >= 0.6 is 45.2 Å². The van der Waals surface area contributed by atoms with Gasteiger partial charge in [0.05, 0.1) is 34.6 Å². The number of aromatic amines is 4. The lowest BCUT2D eigenvalue weighted by molar-refractivity contribution is -0.384. The van der Waals surface area contributed by atoms with E-state index in [4.69, 9.17) is 4.74 Å². The van der Waals surface area contributed by atoms with Crippen molar-refractivity contribution in [3.8, 4) is 28.3 Å². The molecule has 12 heteroatoms. The van der Waals surface area contributed by atoms with E-state index in [1.807, 2.05) is 74.5 Å². The predicted octanol–water partition coefficient (Wildman–Crippen LogP) is 7.55. The molecule has 46 heavy (non-hydrogen) atoms. The summed E-state index contributed by atoms with van der Waals surface area (Å²) in [4.78, 5) is 37.9. The lowest BCUT2D eigenvalue weighted by atomic mass is 9.83. The van der Waals surface area contributed by atoms with Gasteiger partial charge in [-0.2, -0.15) is 0 Å². The molecular formula is C34H27I2N5O5. The molecule has 0 bridgehead atoms. The van der Waals surface area contributed by atoms with Gasteiger partial charge in [-0.15, -0.1) is 0 Å². The van der Waals surface area contributed by atoms with Crippen LogP contribution in [0.2, 0.25) is 0 Å². The van der Waals surface area contributed by atoms with Gasteiger partial charge in [0.15, 0.2) is 0 Å². The second kappa shape index (κ2) is 13.1. The maximum atomic E-state index is 13.7. The largest absolute Gasteiger partial charge is 0.487 e. The Kier molecular flexibility index (Phi) is 8.99. The molecule has 0 amide bonds. The lowest BCUT2D eigenvalue weighted by Gasteiger charge is -2.20. The Morgan fingerprint density at radius 2 is 1.17 bits per heavy atom. The summed E-state index contributed by atoms with van der Waals surface area (Å²) in [6, 6.07) is 25.8. The third kappa shape index (κ3) is 6.31. The summed E-state index contributed by atoms with van der Waals surface area (Å²) in [5, 5.41) is 22.7. The van der Waals surface area contributed by atoms with Gasteiger partial charge in [-0.05, 0) is 106 Å². The van der Waals surface area contributed by atoms with Crippen molar-refractivity contribution < 1.29 is 9.66 Å². The fourth-order valence-corrected chi connectivity index (χ4v) is 7.54. The number of benzene rings is 4. The molecule has 0 aliphatic rings. The van der Waals surface area contributed by atoms with Crippen LogP contribution in [-0.4, -0.2) is 25.3 Å². The molecule has 232 valence electrons. The van der Waals surface area contributed by atoms with Gasteiger partial charge in [0.2, 0.25) is 0 Å². The summed E-state index contributed by atoms with van der Waals surface area (Å²) in [6.07, 6.45) is 0. The smallest absolute Gasteiger partial charge is 0.269 e. The van der Waals surface area contributed by atoms with Crippen LogP contribution in [0, 0.1) is 31.1 Å². The first-order chi connectivity index (χ1) is 22.1. The molecule has 4 N–H and O–H groups in total. The Bertz CT molecular complexity index is 2040. The zero-order valence-corrected chi connectivity index (χ0v) is 28.9. The van der Waals surface area contributed by atoms with Crippen LogP contribution in [0.1, 0.15) is 39.3 Å². The van der Waals surface area contributed by atoms with Crippen molar-refractivity contribution in [1.29, 1.82) is 0 Å². The number of aryl methyl sites for hydroxylation is 2. The third-order valence-corrected chi connectivity index (χ3v) is 9.37. The van der Waals surface area contributed by atoms with Gasteiger partial charge in [0.1, 0.15) is 12.4 Å². The van der Waals surface area contributed by atoms with E-state index in [0.29, 0.717) is 28.3 Å². The van der Waals surface area contributed by atoms with E-state index < -0.39 is 10.8 Å². The van der Waals surface area contributed by atoms with Crippen molar-refractivity contribution in [1.82, 2.24) is 20.4 Å². The average Bonchev–Trinajstić information content (AvgIpc) is 3.60. The molecule has 6 aromatic rings. The highest BCUT2D eigenvalue weighted by molar-refractivity contribution is 14.1. The zero-order chi connectivity index (χ0) is 32.5. The molecule has 4 aromatic carbocycles. The fourth-order valence-electron chi connectivity index (χ4n) is 5.41. The van der Waals surface area contributed by atoms with E-state index in [1.54, 1.807) is 12.1 Å². The molecule has 0 atom stereocenters. The summed E-state index contributed by atoms with van der Waals surface area (Å²) < 4.78 is 7.75. The first-order valence-corrected chi connectivity index (χ1v) is 16.4. The number of rotatable bonds is 9. The number of H-pyrrole nitrogens is 4. The minimum atomic E-state index is -0.761. The Morgan fingerprint density at radius 3 is 1.61 bits per heavy atom. The van der Waals surface area contributed by atoms with Crippen LogP contribution in [0.4, 0.5) is 5.69 Å². The number of halogens is 2. The number of nitrogens with zero attached hydrogens (tertiary/aromatic N) is 1. The molecule has 0 fully saturated rings. The molecule has 0 aliphatic carbocycles. The quantitative estimate of drug-likeness (QED) is 0.0675. The number of nitro benzene ring substituents is 1.